The molecule has 0 amide bonds. The molecular weight excluding hydrogens is 269 g/mol. The molecular formula is C12H12ClF3O2. The van der Waals surface area contributed by atoms with Crippen LogP contribution in [0.3, 0.4) is 0 Å². The molecule has 0 saturated heterocycles. The van der Waals surface area contributed by atoms with Gasteiger partial charge in [0.1, 0.15) is 0 Å². The lowest BCUT2D eigenvalue weighted by atomic mass is 10.1. The molecule has 0 saturated carbocycles. The van der Waals surface area contributed by atoms with Crippen LogP contribution in [0, 0.1) is 5.92 Å². The third-order valence-electron chi connectivity index (χ3n) is 2.59. The molecule has 1 aliphatic rings. The topological polar surface area (TPSA) is 18.5 Å². The first-order valence-corrected chi connectivity index (χ1v) is 5.92. The van der Waals surface area contributed by atoms with Gasteiger partial charge in [0.15, 0.2) is 16.9 Å². The first-order chi connectivity index (χ1) is 8.38. The van der Waals surface area contributed by atoms with E-state index in [4.69, 9.17) is 21.1 Å². The Kier molecular flexibility index (Phi) is 3.61. The van der Waals surface area contributed by atoms with Crippen LogP contribution in [0.1, 0.15) is 17.9 Å². The summed E-state index contributed by atoms with van der Waals surface area (Å²) in [6, 6.07) is 4.06. The number of hydrogen-bond donors (Lipinski definition) is 0. The molecule has 0 N–H and O–H groups in total. The van der Waals surface area contributed by atoms with Crippen LogP contribution < -0.4 is 9.47 Å². The Hall–Kier alpha value is -1.10. The van der Waals surface area contributed by atoms with Gasteiger partial charge in [0.25, 0.3) is 0 Å². The van der Waals surface area contributed by atoms with Crippen molar-refractivity contribution in [2.75, 3.05) is 13.2 Å². The molecule has 0 bridgehead atoms. The fourth-order valence-corrected chi connectivity index (χ4v) is 1.75. The molecule has 1 heterocycles. The van der Waals surface area contributed by atoms with Gasteiger partial charge < -0.3 is 9.47 Å². The Bertz CT molecular complexity index is 434. The Morgan fingerprint density at radius 2 is 1.83 bits per heavy atom. The van der Waals surface area contributed by atoms with Gasteiger partial charge in [-0.3, -0.25) is 0 Å². The first-order valence-electron chi connectivity index (χ1n) is 5.48. The number of fused-ring (bicyclic) bond motifs is 1. The van der Waals surface area contributed by atoms with Gasteiger partial charge in [0.05, 0.1) is 13.2 Å². The predicted molar refractivity (Wildman–Crippen MR) is 61.2 cm³/mol. The second-order valence-electron chi connectivity index (χ2n) is 4.34. The van der Waals surface area contributed by atoms with Crippen LogP contribution in [-0.4, -0.2) is 19.4 Å². The minimum atomic E-state index is -4.48. The van der Waals surface area contributed by atoms with E-state index in [1.807, 2.05) is 6.92 Å². The normalized spacial score (nSPS) is 21.3. The van der Waals surface area contributed by atoms with Crippen molar-refractivity contribution in [3.63, 3.8) is 0 Å². The minimum Gasteiger partial charge on any atom is -0.489 e. The molecule has 2 rings (SSSR count). The smallest absolute Gasteiger partial charge is 0.408 e. The molecule has 0 aromatic heterocycles. The van der Waals surface area contributed by atoms with Crippen LogP contribution in [-0.2, 0) is 0 Å². The summed E-state index contributed by atoms with van der Waals surface area (Å²) in [6.07, 6.45) is -4.48. The van der Waals surface area contributed by atoms with Crippen molar-refractivity contribution in [2.24, 2.45) is 5.92 Å². The van der Waals surface area contributed by atoms with E-state index in [1.165, 1.54) is 18.2 Å². The number of benzene rings is 1. The van der Waals surface area contributed by atoms with Crippen LogP contribution in [0.5, 0.6) is 11.5 Å². The van der Waals surface area contributed by atoms with Crippen LogP contribution in [0.15, 0.2) is 18.2 Å². The second-order valence-corrected chi connectivity index (χ2v) is 4.77. The quantitative estimate of drug-likeness (QED) is 0.726. The number of alkyl halides is 4. The fraction of sp³-hybridized carbons (Fsp3) is 0.500. The molecule has 2 atom stereocenters. The molecule has 1 aliphatic heterocycles. The largest absolute Gasteiger partial charge is 0.489 e. The van der Waals surface area contributed by atoms with E-state index >= 15 is 0 Å². The van der Waals surface area contributed by atoms with Crippen molar-refractivity contribution < 1.29 is 22.6 Å². The summed E-state index contributed by atoms with van der Waals surface area (Å²) < 4.78 is 48.4. The van der Waals surface area contributed by atoms with Crippen LogP contribution in [0.4, 0.5) is 13.2 Å². The molecule has 18 heavy (non-hydrogen) atoms. The zero-order chi connectivity index (χ0) is 13.3. The summed E-state index contributed by atoms with van der Waals surface area (Å²) in [7, 11) is 0. The third kappa shape index (κ3) is 2.83. The summed E-state index contributed by atoms with van der Waals surface area (Å²) >= 11 is 5.37. The summed E-state index contributed by atoms with van der Waals surface area (Å²) in [5.41, 5.74) is -0.0407. The molecule has 1 aromatic rings. The van der Waals surface area contributed by atoms with Crippen molar-refractivity contribution in [3.8, 4) is 11.5 Å². The average Bonchev–Trinajstić information content (AvgIpc) is 2.49. The van der Waals surface area contributed by atoms with Gasteiger partial charge >= 0.3 is 6.18 Å². The van der Waals surface area contributed by atoms with Crippen molar-refractivity contribution in [3.05, 3.63) is 23.8 Å². The zero-order valence-corrected chi connectivity index (χ0v) is 10.4. The molecule has 100 valence electrons. The average molecular weight is 281 g/mol. The van der Waals surface area contributed by atoms with Crippen molar-refractivity contribution >= 4 is 11.6 Å². The molecule has 0 fully saturated rings. The Morgan fingerprint density at radius 3 is 2.44 bits per heavy atom. The molecule has 0 spiro atoms. The van der Waals surface area contributed by atoms with Gasteiger partial charge in [0, 0.05) is 5.92 Å². The number of halogens is 4. The second kappa shape index (κ2) is 4.88. The van der Waals surface area contributed by atoms with E-state index in [9.17, 15) is 13.2 Å². The third-order valence-corrected chi connectivity index (χ3v) is 3.09. The lowest BCUT2D eigenvalue weighted by molar-refractivity contribution is -0.131. The molecule has 6 heteroatoms. The van der Waals surface area contributed by atoms with Crippen LogP contribution in [0.25, 0.3) is 0 Å². The van der Waals surface area contributed by atoms with Crippen molar-refractivity contribution in [1.29, 1.82) is 0 Å². The standard InChI is InChI=1S/C12H12ClF3O2/c1-7-5-17-9-3-2-8(4-10(9)18-6-7)11(13)12(14,15)16/h2-4,7,11H,5-6H2,1H3. The van der Waals surface area contributed by atoms with E-state index in [2.05, 4.69) is 0 Å². The van der Waals surface area contributed by atoms with Gasteiger partial charge in [0.2, 0.25) is 0 Å². The molecule has 1 aromatic carbocycles. The van der Waals surface area contributed by atoms with Crippen LogP contribution in [0.2, 0.25) is 0 Å². The van der Waals surface area contributed by atoms with E-state index in [0.29, 0.717) is 24.7 Å². The summed E-state index contributed by atoms with van der Waals surface area (Å²) in [6.45, 7) is 2.83. The minimum absolute atomic E-state index is 0.0407. The molecule has 2 nitrogen and oxygen atoms in total. The Labute approximate surface area is 108 Å². The lowest BCUT2D eigenvalue weighted by Crippen LogP contribution is -2.15. The maximum atomic E-state index is 12.5. The van der Waals surface area contributed by atoms with Gasteiger partial charge in [-0.15, -0.1) is 11.6 Å². The highest BCUT2D eigenvalue weighted by Gasteiger charge is 2.39. The first kappa shape index (κ1) is 13.3. The number of hydrogen-bond acceptors (Lipinski definition) is 2. The van der Waals surface area contributed by atoms with Crippen LogP contribution >= 0.6 is 11.6 Å². The summed E-state index contributed by atoms with van der Waals surface area (Å²) in [5, 5.41) is -2.04. The van der Waals surface area contributed by atoms with E-state index in [-0.39, 0.29) is 11.5 Å². The molecule has 0 radical (unpaired) electrons. The highest BCUT2D eigenvalue weighted by molar-refractivity contribution is 6.21. The van der Waals surface area contributed by atoms with Crippen molar-refractivity contribution in [2.45, 2.75) is 18.5 Å². The number of ether oxygens (including phenoxy) is 2. The Balaban J connectivity index is 2.27. The molecule has 0 aliphatic carbocycles. The van der Waals surface area contributed by atoms with Gasteiger partial charge in [-0.2, -0.15) is 13.2 Å². The Morgan fingerprint density at radius 1 is 1.22 bits per heavy atom. The van der Waals surface area contributed by atoms with Crippen molar-refractivity contribution in [1.82, 2.24) is 0 Å². The van der Waals surface area contributed by atoms with Gasteiger partial charge in [-0.25, -0.2) is 0 Å². The monoisotopic (exact) mass is 280 g/mol. The SMILES string of the molecule is CC1COc2ccc(C(Cl)C(F)(F)F)cc2OC1. The predicted octanol–water partition coefficient (Wildman–Crippen LogP) is 3.94. The fourth-order valence-electron chi connectivity index (χ4n) is 1.62. The maximum absolute atomic E-state index is 12.5. The van der Waals surface area contributed by atoms with E-state index < -0.39 is 11.6 Å². The summed E-state index contributed by atoms with van der Waals surface area (Å²) in [4.78, 5) is 0. The van der Waals surface area contributed by atoms with E-state index in [1.54, 1.807) is 0 Å². The van der Waals surface area contributed by atoms with E-state index in [0.717, 1.165) is 0 Å². The van der Waals surface area contributed by atoms with Gasteiger partial charge in [-0.1, -0.05) is 13.0 Å². The zero-order valence-electron chi connectivity index (χ0n) is 9.63. The highest BCUT2D eigenvalue weighted by atomic mass is 35.5. The summed E-state index contributed by atoms with van der Waals surface area (Å²) in [5.74, 6) is 0.955. The maximum Gasteiger partial charge on any atom is 0.408 e. The lowest BCUT2D eigenvalue weighted by Gasteiger charge is -2.15. The van der Waals surface area contributed by atoms with Gasteiger partial charge in [-0.05, 0) is 17.7 Å². The number of rotatable bonds is 1. The molecule has 2 unspecified atom stereocenters. The highest BCUT2D eigenvalue weighted by Crippen LogP contribution is 2.41.